The number of hydrogen-bond acceptors (Lipinski definition) is 0. The molecule has 11 rings (SSSR count). The number of hydrogen-bond donors (Lipinski definition) is 0. The third kappa shape index (κ3) is 3.57. The van der Waals surface area contributed by atoms with E-state index >= 15 is 0 Å². The van der Waals surface area contributed by atoms with Crippen LogP contribution in [0.3, 0.4) is 0 Å². The SMILES string of the molecule is CC1CC2CC(C)C3(c4ccccc4-c4cc(-n5c6ccccc6c6c7c8ccccc8n(-c8ccccc8)c7ccc65)ccc43)C(C1)C2. The molecule has 5 atom stereocenters. The Morgan fingerprint density at radius 2 is 1.10 bits per heavy atom. The highest BCUT2D eigenvalue weighted by atomic mass is 15.0. The van der Waals surface area contributed by atoms with Crippen LogP contribution in [-0.4, -0.2) is 9.13 Å². The molecule has 2 heteroatoms. The van der Waals surface area contributed by atoms with Crippen LogP contribution in [0, 0.1) is 23.7 Å². The standard InChI is InChI=1S/C47H40N2/c1-29-24-31-26-30(2)47(32(25-29)27-31)39-17-9-6-14-35(39)38-28-34(20-21-40(38)47)49-42-19-11-8-16-37(42)46-44(49)23-22-43-45(46)36-15-7-10-18-41(36)48(43)33-12-4-3-5-13-33/h3-23,28-32H,24-27H2,1-2H3. The smallest absolute Gasteiger partial charge is 0.0548 e. The molecule has 1 spiro atoms. The fourth-order valence-corrected chi connectivity index (χ4v) is 11.5. The van der Waals surface area contributed by atoms with Crippen molar-refractivity contribution in [2.24, 2.45) is 23.7 Å². The summed E-state index contributed by atoms with van der Waals surface area (Å²) in [7, 11) is 0. The third-order valence-corrected chi connectivity index (χ3v) is 13.0. The van der Waals surface area contributed by atoms with Gasteiger partial charge < -0.3 is 9.13 Å². The molecule has 2 heterocycles. The Morgan fingerprint density at radius 1 is 0.490 bits per heavy atom. The van der Waals surface area contributed by atoms with E-state index in [4.69, 9.17) is 0 Å². The van der Waals surface area contributed by atoms with Crippen molar-refractivity contribution in [3.63, 3.8) is 0 Å². The number of fused-ring (bicyclic) bond motifs is 15. The quantitative estimate of drug-likeness (QED) is 0.179. The first-order valence-corrected chi connectivity index (χ1v) is 18.4. The predicted molar refractivity (Wildman–Crippen MR) is 205 cm³/mol. The highest BCUT2D eigenvalue weighted by molar-refractivity contribution is 6.28. The molecular formula is C47H40N2. The molecular weight excluding hydrogens is 593 g/mol. The van der Waals surface area contributed by atoms with Crippen molar-refractivity contribution >= 4 is 43.6 Å². The van der Waals surface area contributed by atoms with E-state index in [1.165, 1.54) is 91.8 Å². The van der Waals surface area contributed by atoms with Crippen LogP contribution in [0.2, 0.25) is 0 Å². The van der Waals surface area contributed by atoms with E-state index < -0.39 is 0 Å². The van der Waals surface area contributed by atoms with Crippen molar-refractivity contribution in [2.75, 3.05) is 0 Å². The summed E-state index contributed by atoms with van der Waals surface area (Å²) in [6, 6.07) is 50.4. The maximum Gasteiger partial charge on any atom is 0.0548 e. The average molecular weight is 633 g/mol. The lowest BCUT2D eigenvalue weighted by atomic mass is 9.49. The highest BCUT2D eigenvalue weighted by Crippen LogP contribution is 2.64. The molecule has 8 aromatic rings. The molecule has 2 fully saturated rings. The van der Waals surface area contributed by atoms with Gasteiger partial charge in [-0.1, -0.05) is 98.8 Å². The van der Waals surface area contributed by atoms with Crippen LogP contribution in [0.1, 0.15) is 50.7 Å². The molecule has 0 N–H and O–H groups in total. The largest absolute Gasteiger partial charge is 0.309 e. The zero-order valence-electron chi connectivity index (χ0n) is 28.2. The zero-order valence-corrected chi connectivity index (χ0v) is 28.2. The molecule has 2 saturated carbocycles. The Kier molecular flexibility index (Phi) is 5.67. The Hall–Kier alpha value is -5.08. The maximum absolute atomic E-state index is 2.57. The molecule has 2 bridgehead atoms. The molecule has 5 unspecified atom stereocenters. The van der Waals surface area contributed by atoms with Crippen LogP contribution in [0.4, 0.5) is 0 Å². The van der Waals surface area contributed by atoms with Crippen LogP contribution < -0.4 is 0 Å². The Labute approximate surface area is 287 Å². The van der Waals surface area contributed by atoms with E-state index in [9.17, 15) is 0 Å². The summed E-state index contributed by atoms with van der Waals surface area (Å²) in [5.74, 6) is 3.04. The van der Waals surface area contributed by atoms with Gasteiger partial charge in [-0.15, -0.1) is 0 Å². The van der Waals surface area contributed by atoms with Crippen molar-refractivity contribution < 1.29 is 0 Å². The fourth-order valence-electron chi connectivity index (χ4n) is 11.5. The lowest BCUT2D eigenvalue weighted by molar-refractivity contribution is 0.0426. The highest BCUT2D eigenvalue weighted by Gasteiger charge is 2.56. The van der Waals surface area contributed by atoms with Gasteiger partial charge in [0.15, 0.2) is 0 Å². The molecule has 49 heavy (non-hydrogen) atoms. The van der Waals surface area contributed by atoms with Gasteiger partial charge in [-0.3, -0.25) is 0 Å². The van der Waals surface area contributed by atoms with Crippen molar-refractivity contribution in [1.29, 1.82) is 0 Å². The van der Waals surface area contributed by atoms with Crippen LogP contribution in [0.25, 0.3) is 66.1 Å². The molecule has 0 radical (unpaired) electrons. The number of rotatable bonds is 2. The number of aromatic nitrogens is 2. The summed E-state index contributed by atoms with van der Waals surface area (Å²) in [4.78, 5) is 0. The van der Waals surface area contributed by atoms with Crippen molar-refractivity contribution in [3.05, 3.63) is 145 Å². The first-order chi connectivity index (χ1) is 24.1. The number of para-hydroxylation sites is 3. The minimum atomic E-state index is 0.113. The first kappa shape index (κ1) is 27.8. The summed E-state index contributed by atoms with van der Waals surface area (Å²) >= 11 is 0. The Morgan fingerprint density at radius 3 is 1.84 bits per heavy atom. The number of nitrogens with zero attached hydrogens (tertiary/aromatic N) is 2. The summed E-state index contributed by atoms with van der Waals surface area (Å²) in [5.41, 5.74) is 13.6. The van der Waals surface area contributed by atoms with Gasteiger partial charge in [0, 0.05) is 38.3 Å². The van der Waals surface area contributed by atoms with E-state index in [-0.39, 0.29) is 5.41 Å². The summed E-state index contributed by atoms with van der Waals surface area (Å²) in [5, 5.41) is 5.26. The average Bonchev–Trinajstić information content (AvgIpc) is 3.75. The third-order valence-electron chi connectivity index (χ3n) is 13.0. The predicted octanol–water partition coefficient (Wildman–Crippen LogP) is 12.2. The second-order valence-corrected chi connectivity index (χ2v) is 15.6. The lowest BCUT2D eigenvalue weighted by Gasteiger charge is -2.54. The van der Waals surface area contributed by atoms with Crippen LogP contribution >= 0.6 is 0 Å². The molecule has 3 aliphatic carbocycles. The molecule has 0 aliphatic heterocycles. The van der Waals surface area contributed by atoms with E-state index in [2.05, 4.69) is 156 Å². The Bertz CT molecular complexity index is 2620. The maximum atomic E-state index is 2.57. The molecule has 3 aliphatic rings. The summed E-state index contributed by atoms with van der Waals surface area (Å²) < 4.78 is 4.97. The van der Waals surface area contributed by atoms with E-state index in [1.54, 1.807) is 11.1 Å². The van der Waals surface area contributed by atoms with Crippen LogP contribution in [-0.2, 0) is 5.41 Å². The van der Waals surface area contributed by atoms with Gasteiger partial charge in [0.25, 0.3) is 0 Å². The molecule has 238 valence electrons. The van der Waals surface area contributed by atoms with Crippen molar-refractivity contribution in [1.82, 2.24) is 9.13 Å². The minimum absolute atomic E-state index is 0.113. The lowest BCUT2D eigenvalue weighted by Crippen LogP contribution is -2.49. The van der Waals surface area contributed by atoms with Gasteiger partial charge in [0.1, 0.15) is 0 Å². The second-order valence-electron chi connectivity index (χ2n) is 15.6. The van der Waals surface area contributed by atoms with Crippen LogP contribution in [0.15, 0.2) is 133 Å². The van der Waals surface area contributed by atoms with E-state index in [1.807, 2.05) is 0 Å². The van der Waals surface area contributed by atoms with Crippen molar-refractivity contribution in [2.45, 2.75) is 44.9 Å². The molecule has 0 amide bonds. The monoisotopic (exact) mass is 632 g/mol. The zero-order chi connectivity index (χ0) is 32.4. The van der Waals surface area contributed by atoms with E-state index in [0.29, 0.717) is 11.8 Å². The van der Waals surface area contributed by atoms with Gasteiger partial charge in [-0.2, -0.15) is 0 Å². The number of benzene rings is 6. The first-order valence-electron chi connectivity index (χ1n) is 18.4. The topological polar surface area (TPSA) is 9.86 Å². The molecule has 0 saturated heterocycles. The summed E-state index contributed by atoms with van der Waals surface area (Å²) in [6.45, 7) is 5.07. The molecule has 6 aromatic carbocycles. The van der Waals surface area contributed by atoms with E-state index in [0.717, 1.165) is 11.8 Å². The second kappa shape index (κ2) is 9.98. The Balaban J connectivity index is 1.19. The molecule has 2 aromatic heterocycles. The van der Waals surface area contributed by atoms with Crippen LogP contribution in [0.5, 0.6) is 0 Å². The van der Waals surface area contributed by atoms with Gasteiger partial charge in [0.05, 0.1) is 22.1 Å². The van der Waals surface area contributed by atoms with Gasteiger partial charge in [-0.25, -0.2) is 0 Å². The van der Waals surface area contributed by atoms with Gasteiger partial charge in [-0.05, 0) is 120 Å². The van der Waals surface area contributed by atoms with Crippen molar-refractivity contribution in [3.8, 4) is 22.5 Å². The molecule has 2 nitrogen and oxygen atoms in total. The van der Waals surface area contributed by atoms with Gasteiger partial charge in [0.2, 0.25) is 0 Å². The van der Waals surface area contributed by atoms with Gasteiger partial charge >= 0.3 is 0 Å². The fraction of sp³-hybridized carbons (Fsp3) is 0.234. The normalized spacial score (nSPS) is 24.3. The minimum Gasteiger partial charge on any atom is -0.309 e. The summed E-state index contributed by atoms with van der Waals surface area (Å²) in [6.07, 6.45) is 5.48.